The maximum atomic E-state index is 12.4. The molecule has 7 heteroatoms. The van der Waals surface area contributed by atoms with Crippen molar-refractivity contribution in [3.8, 4) is 0 Å². The fourth-order valence-electron chi connectivity index (χ4n) is 4.02. The Morgan fingerprint density at radius 1 is 1.18 bits per heavy atom. The first kappa shape index (κ1) is 26.5. The predicted molar refractivity (Wildman–Crippen MR) is 136 cm³/mol. The highest BCUT2D eigenvalue weighted by Crippen LogP contribution is 2.40. The summed E-state index contributed by atoms with van der Waals surface area (Å²) < 4.78 is 0. The first-order chi connectivity index (χ1) is 15.9. The number of nitro benzene ring substituents is 1. The van der Waals surface area contributed by atoms with Crippen LogP contribution in [-0.2, 0) is 4.79 Å². The lowest BCUT2D eigenvalue weighted by molar-refractivity contribution is -0.384. The Morgan fingerprint density at radius 3 is 2.50 bits per heavy atom. The number of nitrogens with zero attached hydrogens (tertiary/aromatic N) is 1. The van der Waals surface area contributed by atoms with E-state index in [-0.39, 0.29) is 22.4 Å². The summed E-state index contributed by atoms with van der Waals surface area (Å²) in [5.41, 5.74) is 9.84. The number of nitrogens with two attached hydrogens (primary N) is 1. The van der Waals surface area contributed by atoms with Crippen LogP contribution >= 0.6 is 0 Å². The highest BCUT2D eigenvalue weighted by Gasteiger charge is 2.26. The number of carbonyl (C=O) groups excluding carboxylic acids is 2. The Bertz CT molecular complexity index is 1130. The summed E-state index contributed by atoms with van der Waals surface area (Å²) in [5, 5.41) is 13.5. The standard InChI is InChI=1S/C27H33N3O4/c1-18(11-14-23-20(3)10-7-15-27(23,4)5)8-6-9-19(2)16-25(31)29-24-17-21(30(33)34)12-13-22(24)26(28)32/h6,8-9,11-14,16-17H,7,10,15H2,1-5H3,(H2,28,32)(H,29,31)/b9-6+,14-11+,18-8+,19-16+. The predicted octanol–water partition coefficient (Wildman–Crippen LogP) is 6.16. The molecule has 1 aromatic rings. The van der Waals surface area contributed by atoms with Gasteiger partial charge in [-0.25, -0.2) is 0 Å². The maximum Gasteiger partial charge on any atom is 0.271 e. The van der Waals surface area contributed by atoms with Gasteiger partial charge in [-0.05, 0) is 62.7 Å². The van der Waals surface area contributed by atoms with Crippen LogP contribution in [0.1, 0.15) is 64.2 Å². The van der Waals surface area contributed by atoms with Crippen molar-refractivity contribution in [2.45, 2.75) is 53.9 Å². The number of amides is 2. The zero-order chi connectivity index (χ0) is 25.5. The number of non-ortho nitro benzene ring substituents is 1. The number of carbonyl (C=O) groups is 2. The minimum atomic E-state index is -0.790. The number of nitro groups is 1. The Kier molecular flexibility index (Phi) is 8.90. The number of hydrogen-bond acceptors (Lipinski definition) is 4. The lowest BCUT2D eigenvalue weighted by Gasteiger charge is -2.32. The molecule has 0 fully saturated rings. The van der Waals surface area contributed by atoms with E-state index in [0.29, 0.717) is 5.57 Å². The van der Waals surface area contributed by atoms with Crippen LogP contribution in [0.3, 0.4) is 0 Å². The molecule has 0 saturated carbocycles. The molecule has 180 valence electrons. The molecule has 1 aliphatic rings. The van der Waals surface area contributed by atoms with Gasteiger partial charge in [0.05, 0.1) is 16.2 Å². The van der Waals surface area contributed by atoms with E-state index < -0.39 is 16.7 Å². The fourth-order valence-corrected chi connectivity index (χ4v) is 4.02. The summed E-state index contributed by atoms with van der Waals surface area (Å²) in [6.45, 7) is 10.6. The first-order valence-electron chi connectivity index (χ1n) is 11.2. The Labute approximate surface area is 201 Å². The van der Waals surface area contributed by atoms with Crippen molar-refractivity contribution in [1.29, 1.82) is 0 Å². The van der Waals surface area contributed by atoms with Crippen LogP contribution in [0, 0.1) is 15.5 Å². The van der Waals surface area contributed by atoms with Gasteiger partial charge in [-0.15, -0.1) is 0 Å². The highest BCUT2D eigenvalue weighted by molar-refractivity contribution is 6.06. The van der Waals surface area contributed by atoms with Gasteiger partial charge in [0.15, 0.2) is 0 Å². The molecule has 0 spiro atoms. The van der Waals surface area contributed by atoms with E-state index in [1.54, 1.807) is 13.0 Å². The monoisotopic (exact) mass is 463 g/mol. The molecule has 0 atom stereocenters. The summed E-state index contributed by atoms with van der Waals surface area (Å²) in [6, 6.07) is 3.50. The van der Waals surface area contributed by atoms with Crippen molar-refractivity contribution < 1.29 is 14.5 Å². The summed E-state index contributed by atoms with van der Waals surface area (Å²) in [6.07, 6.45) is 14.8. The van der Waals surface area contributed by atoms with E-state index in [2.05, 4.69) is 38.2 Å². The van der Waals surface area contributed by atoms with Gasteiger partial charge >= 0.3 is 0 Å². The fraction of sp³-hybridized carbons (Fsp3) is 0.333. The molecule has 0 bridgehead atoms. The maximum absolute atomic E-state index is 12.4. The van der Waals surface area contributed by atoms with E-state index in [0.717, 1.165) is 24.1 Å². The number of anilines is 1. The number of primary amides is 1. The molecule has 0 aliphatic heterocycles. The lowest BCUT2D eigenvalue weighted by Crippen LogP contribution is -2.19. The van der Waals surface area contributed by atoms with Crippen molar-refractivity contribution in [2.24, 2.45) is 11.1 Å². The van der Waals surface area contributed by atoms with E-state index in [4.69, 9.17) is 5.73 Å². The second-order valence-corrected chi connectivity index (χ2v) is 9.26. The molecule has 2 amide bonds. The Hall–Kier alpha value is -3.74. The molecule has 0 aromatic heterocycles. The first-order valence-corrected chi connectivity index (χ1v) is 11.2. The van der Waals surface area contributed by atoms with E-state index in [9.17, 15) is 19.7 Å². The largest absolute Gasteiger partial charge is 0.366 e. The minimum Gasteiger partial charge on any atom is -0.366 e. The van der Waals surface area contributed by atoms with Gasteiger partial charge in [-0.1, -0.05) is 55.4 Å². The normalized spacial score (nSPS) is 16.9. The van der Waals surface area contributed by atoms with Crippen LogP contribution in [0.4, 0.5) is 11.4 Å². The number of rotatable bonds is 8. The van der Waals surface area contributed by atoms with E-state index >= 15 is 0 Å². The van der Waals surface area contributed by atoms with Crippen molar-refractivity contribution in [2.75, 3.05) is 5.32 Å². The molecule has 0 saturated heterocycles. The smallest absolute Gasteiger partial charge is 0.271 e. The molecule has 3 N–H and O–H groups in total. The number of hydrogen-bond donors (Lipinski definition) is 2. The number of nitrogens with one attached hydrogen (secondary N) is 1. The lowest BCUT2D eigenvalue weighted by atomic mass is 9.72. The SMILES string of the molecule is CC1=C(/C=C/C(C)=C/C=C/C(C)=C/C(=O)Nc2cc([N+](=O)[O-])ccc2C(N)=O)C(C)(C)CCC1. The topological polar surface area (TPSA) is 115 Å². The average Bonchev–Trinajstić information content (AvgIpc) is 2.72. The summed E-state index contributed by atoms with van der Waals surface area (Å²) in [5.74, 6) is -1.31. The Morgan fingerprint density at radius 2 is 1.88 bits per heavy atom. The summed E-state index contributed by atoms with van der Waals surface area (Å²) in [7, 11) is 0. The quantitative estimate of drug-likeness (QED) is 0.208. The van der Waals surface area contributed by atoms with Crippen LogP contribution < -0.4 is 11.1 Å². The highest BCUT2D eigenvalue weighted by atomic mass is 16.6. The van der Waals surface area contributed by atoms with Crippen molar-refractivity contribution in [3.05, 3.63) is 92.6 Å². The third kappa shape index (κ3) is 7.40. The van der Waals surface area contributed by atoms with E-state index in [1.165, 1.54) is 36.1 Å². The zero-order valence-electron chi connectivity index (χ0n) is 20.5. The molecule has 1 aliphatic carbocycles. The Balaban J connectivity index is 2.08. The van der Waals surface area contributed by atoms with Crippen LogP contribution in [0.25, 0.3) is 0 Å². The summed E-state index contributed by atoms with van der Waals surface area (Å²) in [4.78, 5) is 34.3. The van der Waals surface area contributed by atoms with Gasteiger partial charge in [-0.3, -0.25) is 19.7 Å². The zero-order valence-corrected chi connectivity index (χ0v) is 20.5. The molecule has 2 rings (SSSR count). The second kappa shape index (κ2) is 11.4. The van der Waals surface area contributed by atoms with Crippen molar-refractivity contribution in [3.63, 3.8) is 0 Å². The van der Waals surface area contributed by atoms with Gasteiger partial charge in [0.1, 0.15) is 0 Å². The van der Waals surface area contributed by atoms with E-state index in [1.807, 2.05) is 19.1 Å². The minimum absolute atomic E-state index is 0.00242. The van der Waals surface area contributed by atoms with Gasteiger partial charge in [-0.2, -0.15) is 0 Å². The molecule has 7 nitrogen and oxygen atoms in total. The third-order valence-corrected chi connectivity index (χ3v) is 5.87. The van der Waals surface area contributed by atoms with Gasteiger partial charge in [0, 0.05) is 18.2 Å². The number of allylic oxidation sites excluding steroid dienone is 9. The van der Waals surface area contributed by atoms with Crippen molar-refractivity contribution in [1.82, 2.24) is 0 Å². The van der Waals surface area contributed by atoms with Gasteiger partial charge in [0.25, 0.3) is 11.6 Å². The van der Waals surface area contributed by atoms with Crippen LogP contribution in [0.5, 0.6) is 0 Å². The molecule has 0 radical (unpaired) electrons. The molecular formula is C27H33N3O4. The second-order valence-electron chi connectivity index (χ2n) is 9.26. The number of benzene rings is 1. The van der Waals surface area contributed by atoms with Gasteiger partial charge in [0.2, 0.25) is 5.91 Å². The molecule has 1 aromatic carbocycles. The third-order valence-electron chi connectivity index (χ3n) is 5.87. The van der Waals surface area contributed by atoms with Crippen LogP contribution in [0.15, 0.2) is 76.9 Å². The van der Waals surface area contributed by atoms with Crippen molar-refractivity contribution >= 4 is 23.2 Å². The molecule has 0 unspecified atom stereocenters. The van der Waals surface area contributed by atoms with Crippen LogP contribution in [0.2, 0.25) is 0 Å². The molecular weight excluding hydrogens is 430 g/mol. The molecule has 0 heterocycles. The summed E-state index contributed by atoms with van der Waals surface area (Å²) >= 11 is 0. The van der Waals surface area contributed by atoms with Gasteiger partial charge < -0.3 is 11.1 Å². The average molecular weight is 464 g/mol. The molecule has 34 heavy (non-hydrogen) atoms. The van der Waals surface area contributed by atoms with Crippen LogP contribution in [-0.4, -0.2) is 16.7 Å².